The van der Waals surface area contributed by atoms with Gasteiger partial charge >= 0.3 is 0 Å². The molecule has 1 N–H and O–H groups in total. The Bertz CT molecular complexity index is 510. The van der Waals surface area contributed by atoms with Crippen LogP contribution in [0.4, 0.5) is 0 Å². The lowest BCUT2D eigenvalue weighted by Gasteiger charge is -2.45. The molecule has 7 nitrogen and oxygen atoms in total. The maximum absolute atomic E-state index is 12.6. The van der Waals surface area contributed by atoms with E-state index >= 15 is 0 Å². The second-order valence-electron chi connectivity index (χ2n) is 7.17. The molecule has 3 fully saturated rings. The highest BCUT2D eigenvalue weighted by atomic mass is 16.5. The maximum atomic E-state index is 12.6. The lowest BCUT2D eigenvalue weighted by Crippen LogP contribution is -2.62. The summed E-state index contributed by atoms with van der Waals surface area (Å²) in [7, 11) is 3.32. The van der Waals surface area contributed by atoms with Crippen LogP contribution in [0.15, 0.2) is 0 Å². The average Bonchev–Trinajstić information content (AvgIpc) is 2.94. The van der Waals surface area contributed by atoms with Gasteiger partial charge in [-0.2, -0.15) is 0 Å². The van der Waals surface area contributed by atoms with Gasteiger partial charge in [0.25, 0.3) is 0 Å². The molecule has 1 unspecified atom stereocenters. The number of methoxy groups -OCH3 is 1. The van der Waals surface area contributed by atoms with E-state index in [2.05, 4.69) is 5.32 Å². The van der Waals surface area contributed by atoms with Crippen molar-refractivity contribution in [3.05, 3.63) is 0 Å². The second kappa shape index (κ2) is 7.09. The Balaban J connectivity index is 1.46. The van der Waals surface area contributed by atoms with Gasteiger partial charge in [0.05, 0.1) is 18.1 Å². The molecule has 2 aliphatic heterocycles. The van der Waals surface area contributed by atoms with Gasteiger partial charge in [0.2, 0.25) is 17.7 Å². The van der Waals surface area contributed by atoms with Crippen molar-refractivity contribution < 1.29 is 19.1 Å². The Morgan fingerprint density at radius 1 is 1.08 bits per heavy atom. The summed E-state index contributed by atoms with van der Waals surface area (Å²) in [6.07, 6.45) is 4.25. The SMILES string of the molecule is CNC(=O)C1CC(=O)N(C2CN(C(=O)C3CCC(OC)CC3)C2)C1. The predicted octanol–water partition coefficient (Wildman–Crippen LogP) is -0.00310. The van der Waals surface area contributed by atoms with E-state index in [1.54, 1.807) is 19.1 Å². The van der Waals surface area contributed by atoms with Gasteiger partial charge in [0.1, 0.15) is 0 Å². The molecular weight excluding hydrogens is 310 g/mol. The fraction of sp³-hybridized carbons (Fsp3) is 0.824. The minimum atomic E-state index is -0.253. The van der Waals surface area contributed by atoms with Crippen LogP contribution in [-0.4, -0.2) is 73.5 Å². The lowest BCUT2D eigenvalue weighted by atomic mass is 9.85. The molecule has 0 aromatic heterocycles. The Morgan fingerprint density at radius 3 is 2.33 bits per heavy atom. The highest BCUT2D eigenvalue weighted by Crippen LogP contribution is 2.31. The van der Waals surface area contributed by atoms with Crippen LogP contribution in [0.3, 0.4) is 0 Å². The molecule has 3 aliphatic rings. The molecule has 0 spiro atoms. The van der Waals surface area contributed by atoms with Gasteiger partial charge in [-0.05, 0) is 25.7 Å². The number of nitrogens with zero attached hydrogens (tertiary/aromatic N) is 2. The maximum Gasteiger partial charge on any atom is 0.225 e. The summed E-state index contributed by atoms with van der Waals surface area (Å²) in [5.41, 5.74) is 0. The molecule has 1 atom stereocenters. The third kappa shape index (κ3) is 3.27. The number of hydrogen-bond donors (Lipinski definition) is 1. The van der Waals surface area contributed by atoms with Crippen LogP contribution in [0.25, 0.3) is 0 Å². The molecule has 1 saturated carbocycles. The minimum Gasteiger partial charge on any atom is -0.381 e. The molecule has 134 valence electrons. The fourth-order valence-corrected chi connectivity index (χ4v) is 4.10. The number of amides is 3. The second-order valence-corrected chi connectivity index (χ2v) is 7.17. The topological polar surface area (TPSA) is 79.0 Å². The van der Waals surface area contributed by atoms with E-state index in [1.165, 1.54) is 0 Å². The molecule has 0 aromatic rings. The average molecular weight is 337 g/mol. The third-order valence-electron chi connectivity index (χ3n) is 5.75. The van der Waals surface area contributed by atoms with Crippen LogP contribution in [0.5, 0.6) is 0 Å². The predicted molar refractivity (Wildman–Crippen MR) is 87.0 cm³/mol. The highest BCUT2D eigenvalue weighted by molar-refractivity contribution is 5.89. The Morgan fingerprint density at radius 2 is 1.75 bits per heavy atom. The van der Waals surface area contributed by atoms with Crippen molar-refractivity contribution >= 4 is 17.7 Å². The smallest absolute Gasteiger partial charge is 0.225 e. The first-order valence-corrected chi connectivity index (χ1v) is 8.86. The summed E-state index contributed by atoms with van der Waals surface area (Å²) in [5.74, 6) is 0.0198. The first-order valence-electron chi connectivity index (χ1n) is 8.86. The number of carbonyl (C=O) groups is 3. The molecule has 3 rings (SSSR count). The van der Waals surface area contributed by atoms with E-state index < -0.39 is 0 Å². The Kier molecular flexibility index (Phi) is 5.08. The van der Waals surface area contributed by atoms with Crippen LogP contribution in [0.2, 0.25) is 0 Å². The van der Waals surface area contributed by atoms with Gasteiger partial charge in [0.15, 0.2) is 0 Å². The van der Waals surface area contributed by atoms with Crippen molar-refractivity contribution in [3.63, 3.8) is 0 Å². The summed E-state index contributed by atoms with van der Waals surface area (Å²) in [4.78, 5) is 40.0. The number of carbonyl (C=O) groups excluding carboxylic acids is 3. The van der Waals surface area contributed by atoms with Gasteiger partial charge in [-0.3, -0.25) is 14.4 Å². The van der Waals surface area contributed by atoms with Crippen LogP contribution < -0.4 is 5.32 Å². The molecule has 0 radical (unpaired) electrons. The quantitative estimate of drug-likeness (QED) is 0.783. The summed E-state index contributed by atoms with van der Waals surface area (Å²) < 4.78 is 5.35. The van der Waals surface area contributed by atoms with Gasteiger partial charge in [-0.15, -0.1) is 0 Å². The minimum absolute atomic E-state index is 0.0290. The fourth-order valence-electron chi connectivity index (χ4n) is 4.10. The zero-order valence-electron chi connectivity index (χ0n) is 14.5. The number of ether oxygens (including phenoxy) is 1. The largest absolute Gasteiger partial charge is 0.381 e. The van der Waals surface area contributed by atoms with Crippen LogP contribution >= 0.6 is 0 Å². The summed E-state index contributed by atoms with van der Waals surface area (Å²) >= 11 is 0. The molecular formula is C17H27N3O4. The monoisotopic (exact) mass is 337 g/mol. The van der Waals surface area contributed by atoms with Crippen molar-refractivity contribution in [1.82, 2.24) is 15.1 Å². The van der Waals surface area contributed by atoms with Crippen molar-refractivity contribution in [1.29, 1.82) is 0 Å². The normalized spacial score (nSPS) is 31.1. The van der Waals surface area contributed by atoms with Crippen LogP contribution in [0, 0.1) is 11.8 Å². The molecule has 2 heterocycles. The molecule has 0 aromatic carbocycles. The van der Waals surface area contributed by atoms with Crippen molar-refractivity contribution in [2.45, 2.75) is 44.2 Å². The lowest BCUT2D eigenvalue weighted by molar-refractivity contribution is -0.149. The third-order valence-corrected chi connectivity index (χ3v) is 5.75. The van der Waals surface area contributed by atoms with Gasteiger partial charge < -0.3 is 19.9 Å². The van der Waals surface area contributed by atoms with Crippen LogP contribution in [-0.2, 0) is 19.1 Å². The number of rotatable bonds is 4. The van der Waals surface area contributed by atoms with E-state index in [9.17, 15) is 14.4 Å². The number of likely N-dealkylation sites (tertiary alicyclic amines) is 2. The molecule has 0 bridgehead atoms. The standard InChI is InChI=1S/C17H27N3O4/c1-18-16(22)12-7-15(21)20(8-12)13-9-19(10-13)17(23)11-3-5-14(24-2)6-4-11/h11-14H,3-10H2,1-2H3,(H,18,22). The highest BCUT2D eigenvalue weighted by Gasteiger charge is 2.44. The van der Waals surface area contributed by atoms with E-state index in [0.29, 0.717) is 25.7 Å². The van der Waals surface area contributed by atoms with E-state index in [1.807, 2.05) is 4.90 Å². The molecule has 1 aliphatic carbocycles. The Labute approximate surface area is 142 Å². The van der Waals surface area contributed by atoms with Gasteiger partial charge in [0, 0.05) is 46.1 Å². The summed E-state index contributed by atoms with van der Waals surface area (Å²) in [6, 6.07) is 0.0754. The Hall–Kier alpha value is -1.63. The number of hydrogen-bond acceptors (Lipinski definition) is 4. The zero-order chi connectivity index (χ0) is 17.3. The van der Waals surface area contributed by atoms with Crippen molar-refractivity contribution in [2.24, 2.45) is 11.8 Å². The van der Waals surface area contributed by atoms with Gasteiger partial charge in [-0.25, -0.2) is 0 Å². The van der Waals surface area contributed by atoms with E-state index in [-0.39, 0.29) is 42.0 Å². The zero-order valence-corrected chi connectivity index (χ0v) is 14.5. The van der Waals surface area contributed by atoms with E-state index in [0.717, 1.165) is 25.7 Å². The van der Waals surface area contributed by atoms with E-state index in [4.69, 9.17) is 4.74 Å². The van der Waals surface area contributed by atoms with Gasteiger partial charge in [-0.1, -0.05) is 0 Å². The summed E-state index contributed by atoms with van der Waals surface area (Å²) in [5, 5.41) is 2.61. The number of nitrogens with one attached hydrogen (secondary N) is 1. The van der Waals surface area contributed by atoms with Crippen LogP contribution in [0.1, 0.15) is 32.1 Å². The first kappa shape index (κ1) is 17.2. The first-order chi connectivity index (χ1) is 11.5. The van der Waals surface area contributed by atoms with Crippen molar-refractivity contribution in [3.8, 4) is 0 Å². The molecule has 3 amide bonds. The molecule has 2 saturated heterocycles. The summed E-state index contributed by atoms with van der Waals surface area (Å²) in [6.45, 7) is 1.69. The molecule has 7 heteroatoms. The van der Waals surface area contributed by atoms with Crippen molar-refractivity contribution in [2.75, 3.05) is 33.8 Å². The molecule has 24 heavy (non-hydrogen) atoms.